The number of nitriles is 1. The molecule has 0 saturated heterocycles. The Morgan fingerprint density at radius 1 is 1.45 bits per heavy atom. The average Bonchev–Trinajstić information content (AvgIpc) is 1.96. The van der Waals surface area contributed by atoms with Crippen LogP contribution in [0.25, 0.3) is 0 Å². The summed E-state index contributed by atoms with van der Waals surface area (Å²) in [4.78, 5) is 10.4. The molecular weight excluding hydrogens is 142 g/mol. The van der Waals surface area contributed by atoms with Crippen LogP contribution in [0.3, 0.4) is 0 Å². The molecule has 0 aromatic carbocycles. The summed E-state index contributed by atoms with van der Waals surface area (Å²) in [6.45, 7) is 2.07. The van der Waals surface area contributed by atoms with E-state index in [1.54, 1.807) is 13.2 Å². The van der Waals surface area contributed by atoms with Crippen molar-refractivity contribution in [3.05, 3.63) is 0 Å². The van der Waals surface area contributed by atoms with E-state index in [-0.39, 0.29) is 5.78 Å². The van der Waals surface area contributed by atoms with Crippen molar-refractivity contribution in [2.45, 2.75) is 32.6 Å². The van der Waals surface area contributed by atoms with Crippen LogP contribution in [0.5, 0.6) is 0 Å². The number of ether oxygens (including phenoxy) is 1. The van der Waals surface area contributed by atoms with Crippen molar-refractivity contribution in [2.24, 2.45) is 0 Å². The zero-order valence-electron chi connectivity index (χ0n) is 6.80. The number of carbonyl (C=O) groups excluding carboxylic acids is 1. The molecule has 0 aliphatic carbocycles. The van der Waals surface area contributed by atoms with Crippen LogP contribution in [0, 0.1) is 11.5 Å². The molecule has 11 heavy (non-hydrogen) atoms. The summed E-state index contributed by atoms with van der Waals surface area (Å²) in [6.07, 6.45) is 4.97. The smallest absolute Gasteiger partial charge is 0.286 e. The average molecular weight is 155 g/mol. The Labute approximate surface area is 67.0 Å². The van der Waals surface area contributed by atoms with Crippen LogP contribution < -0.4 is 0 Å². The van der Waals surface area contributed by atoms with Crippen LogP contribution in [0.1, 0.15) is 32.6 Å². The van der Waals surface area contributed by atoms with Crippen LogP contribution in [0.4, 0.5) is 0 Å². The van der Waals surface area contributed by atoms with E-state index in [9.17, 15) is 4.79 Å². The highest BCUT2D eigenvalue weighted by Gasteiger charge is 1.93. The highest BCUT2D eigenvalue weighted by atomic mass is 16.5. The lowest BCUT2D eigenvalue weighted by molar-refractivity contribution is -0.117. The molecule has 0 radical (unpaired) electrons. The van der Waals surface area contributed by atoms with Gasteiger partial charge in [-0.25, -0.2) is 0 Å². The Balaban J connectivity index is 2.92. The van der Waals surface area contributed by atoms with Gasteiger partial charge in [-0.2, -0.15) is 5.26 Å². The van der Waals surface area contributed by atoms with Gasteiger partial charge in [0.15, 0.2) is 0 Å². The predicted molar refractivity (Wildman–Crippen MR) is 40.7 cm³/mol. The van der Waals surface area contributed by atoms with Crippen LogP contribution in [0.2, 0.25) is 0 Å². The van der Waals surface area contributed by atoms with Crippen LogP contribution in [-0.4, -0.2) is 12.4 Å². The molecule has 0 heterocycles. The fraction of sp³-hybridized carbons (Fsp3) is 0.750. The van der Waals surface area contributed by atoms with Crippen molar-refractivity contribution in [1.82, 2.24) is 0 Å². The number of Topliss-reactive ketones (excluding diaryl/α,β-unsaturated/α-hetero) is 1. The molecule has 0 atom stereocenters. The predicted octanol–water partition coefficient (Wildman–Crippen LogP) is 1.63. The monoisotopic (exact) mass is 155 g/mol. The van der Waals surface area contributed by atoms with E-state index in [1.807, 2.05) is 0 Å². The van der Waals surface area contributed by atoms with Gasteiger partial charge in [0.05, 0.1) is 0 Å². The second-order valence-corrected chi connectivity index (χ2v) is 2.45. The first-order valence-electron chi connectivity index (χ1n) is 3.77. The van der Waals surface area contributed by atoms with Crippen molar-refractivity contribution in [3.63, 3.8) is 0 Å². The van der Waals surface area contributed by atoms with Gasteiger partial charge in [0, 0.05) is 6.42 Å². The van der Waals surface area contributed by atoms with Crippen LogP contribution in [-0.2, 0) is 9.53 Å². The maximum absolute atomic E-state index is 10.4. The lowest BCUT2D eigenvalue weighted by Crippen LogP contribution is -1.91. The molecule has 0 fully saturated rings. The molecule has 0 bridgehead atoms. The topological polar surface area (TPSA) is 50.1 Å². The molecule has 0 aliphatic heterocycles. The van der Waals surface area contributed by atoms with Gasteiger partial charge in [-0.3, -0.25) is 0 Å². The summed E-state index contributed by atoms with van der Waals surface area (Å²) in [5.74, 6) is 0.228. The zero-order chi connectivity index (χ0) is 8.53. The highest BCUT2D eigenvalue weighted by Crippen LogP contribution is 1.99. The molecule has 0 N–H and O–H groups in total. The van der Waals surface area contributed by atoms with Gasteiger partial charge in [-0.15, -0.1) is 0 Å². The zero-order valence-corrected chi connectivity index (χ0v) is 6.80. The van der Waals surface area contributed by atoms with Crippen molar-refractivity contribution < 1.29 is 9.53 Å². The molecule has 0 aromatic heterocycles. The number of nitrogens with zero attached hydrogens (tertiary/aromatic N) is 1. The molecule has 0 amide bonds. The lowest BCUT2D eigenvalue weighted by Gasteiger charge is -1.96. The molecule has 0 aromatic rings. The molecular formula is C8H13NO2. The number of hydrogen-bond donors (Lipinski definition) is 0. The van der Waals surface area contributed by atoms with Crippen molar-refractivity contribution >= 4 is 5.78 Å². The fourth-order valence-electron chi connectivity index (χ4n) is 0.771. The number of unbranched alkanes of at least 4 members (excludes halogenated alkanes) is 2. The van der Waals surface area contributed by atoms with Crippen LogP contribution >= 0.6 is 0 Å². The number of hydrogen-bond acceptors (Lipinski definition) is 3. The van der Waals surface area contributed by atoms with Crippen molar-refractivity contribution in [3.8, 4) is 6.26 Å². The minimum atomic E-state index is 0.228. The number of carbonyl (C=O) groups is 1. The van der Waals surface area contributed by atoms with Crippen LogP contribution in [0.15, 0.2) is 0 Å². The third-order valence-corrected chi connectivity index (χ3v) is 1.34. The van der Waals surface area contributed by atoms with E-state index in [4.69, 9.17) is 5.26 Å². The molecule has 3 nitrogen and oxygen atoms in total. The van der Waals surface area contributed by atoms with Gasteiger partial charge in [0.1, 0.15) is 12.4 Å². The van der Waals surface area contributed by atoms with E-state index < -0.39 is 0 Å². The summed E-state index contributed by atoms with van der Waals surface area (Å²) >= 11 is 0. The molecule has 0 spiro atoms. The van der Waals surface area contributed by atoms with Gasteiger partial charge in [-0.05, 0) is 26.2 Å². The van der Waals surface area contributed by atoms with Gasteiger partial charge in [0.25, 0.3) is 6.26 Å². The SMILES string of the molecule is CC(=O)CCCCCOC#N. The fourth-order valence-corrected chi connectivity index (χ4v) is 0.771. The summed E-state index contributed by atoms with van der Waals surface area (Å²) < 4.78 is 4.46. The first-order chi connectivity index (χ1) is 5.27. The summed E-state index contributed by atoms with van der Waals surface area (Å²) in [5.41, 5.74) is 0. The normalized spacial score (nSPS) is 8.73. The largest absolute Gasteiger partial charge is 0.428 e. The van der Waals surface area contributed by atoms with Crippen molar-refractivity contribution in [1.29, 1.82) is 5.26 Å². The minimum absolute atomic E-state index is 0.228. The molecule has 0 rings (SSSR count). The maximum Gasteiger partial charge on any atom is 0.286 e. The van der Waals surface area contributed by atoms with E-state index in [0.717, 1.165) is 19.3 Å². The Kier molecular flexibility index (Phi) is 6.40. The van der Waals surface area contributed by atoms with Gasteiger partial charge in [-0.1, -0.05) is 0 Å². The van der Waals surface area contributed by atoms with Gasteiger partial charge in [0.2, 0.25) is 0 Å². The minimum Gasteiger partial charge on any atom is -0.428 e. The maximum atomic E-state index is 10.4. The van der Waals surface area contributed by atoms with E-state index >= 15 is 0 Å². The Morgan fingerprint density at radius 2 is 2.18 bits per heavy atom. The van der Waals surface area contributed by atoms with Gasteiger partial charge >= 0.3 is 0 Å². The summed E-state index contributed by atoms with van der Waals surface area (Å²) in [7, 11) is 0. The summed E-state index contributed by atoms with van der Waals surface area (Å²) in [6, 6.07) is 0. The molecule has 0 unspecified atom stereocenters. The molecule has 62 valence electrons. The highest BCUT2D eigenvalue weighted by molar-refractivity contribution is 5.75. The Hall–Kier alpha value is -1.04. The van der Waals surface area contributed by atoms with E-state index in [0.29, 0.717) is 13.0 Å². The molecule has 0 aliphatic rings. The van der Waals surface area contributed by atoms with Gasteiger partial charge < -0.3 is 9.53 Å². The standard InChI is InChI=1S/C8H13NO2/c1-8(10)5-3-2-4-6-11-7-9/h2-6H2,1H3. The third-order valence-electron chi connectivity index (χ3n) is 1.34. The quantitative estimate of drug-likeness (QED) is 0.432. The first-order valence-corrected chi connectivity index (χ1v) is 3.77. The summed E-state index contributed by atoms with van der Waals surface area (Å²) in [5, 5.41) is 7.98. The Morgan fingerprint density at radius 3 is 2.73 bits per heavy atom. The second kappa shape index (κ2) is 7.07. The second-order valence-electron chi connectivity index (χ2n) is 2.45. The molecule has 3 heteroatoms. The van der Waals surface area contributed by atoms with Crippen molar-refractivity contribution in [2.75, 3.05) is 6.61 Å². The van der Waals surface area contributed by atoms with E-state index in [2.05, 4.69) is 4.74 Å². The van der Waals surface area contributed by atoms with E-state index in [1.165, 1.54) is 0 Å². The number of rotatable bonds is 6. The Bertz CT molecular complexity index is 149. The third kappa shape index (κ3) is 8.96. The number of ketones is 1. The molecule has 0 saturated carbocycles. The first kappa shape index (κ1) is 9.96. The lowest BCUT2D eigenvalue weighted by atomic mass is 10.1.